The van der Waals surface area contributed by atoms with Gasteiger partial charge in [-0.15, -0.1) is 0 Å². The summed E-state index contributed by atoms with van der Waals surface area (Å²) in [6.07, 6.45) is 0. The summed E-state index contributed by atoms with van der Waals surface area (Å²) in [4.78, 5) is 46.2. The van der Waals surface area contributed by atoms with Crippen LogP contribution < -0.4 is 16.0 Å². The van der Waals surface area contributed by atoms with Crippen molar-refractivity contribution in [1.29, 1.82) is 0 Å². The van der Waals surface area contributed by atoms with Crippen LogP contribution in [0.3, 0.4) is 0 Å². The lowest BCUT2D eigenvalue weighted by molar-refractivity contribution is -0.124. The Morgan fingerprint density at radius 2 is 1.74 bits per heavy atom. The molecule has 0 saturated carbocycles. The largest absolute Gasteiger partial charge is 0.478 e. The minimum absolute atomic E-state index is 0.138. The standard InChI is InChI=1S/C32H35N5O5/c1-3-37(42-18-17-36-15-13-33-14-16-36)31(39)23-9-11-24(12-10-23)34-29(22-7-5-4-6-8-22)28-26-19-21(2)25(32(40)41)20-27(26)35-30(28)38/h4-12,19-20,33-34H,3,13-18H2,1-2H3,(H,35,38)(H,40,41). The zero-order valence-electron chi connectivity index (χ0n) is 23.8. The van der Waals surface area contributed by atoms with Crippen molar-refractivity contribution in [2.45, 2.75) is 13.8 Å². The number of nitrogens with one attached hydrogen (secondary N) is 3. The summed E-state index contributed by atoms with van der Waals surface area (Å²) in [6, 6.07) is 19.7. The van der Waals surface area contributed by atoms with Gasteiger partial charge in [0.05, 0.1) is 29.1 Å². The Labute approximate surface area is 244 Å². The number of fused-ring (bicyclic) bond motifs is 1. The molecular weight excluding hydrogens is 534 g/mol. The highest BCUT2D eigenvalue weighted by atomic mass is 16.7. The fourth-order valence-electron chi connectivity index (χ4n) is 5.18. The summed E-state index contributed by atoms with van der Waals surface area (Å²) < 4.78 is 0. The maximum absolute atomic E-state index is 13.2. The van der Waals surface area contributed by atoms with Crippen LogP contribution in [-0.4, -0.2) is 78.7 Å². The number of carbonyl (C=O) groups excluding carboxylic acids is 2. The number of nitrogens with zero attached hydrogens (tertiary/aromatic N) is 2. The Hall–Kier alpha value is -4.51. The van der Waals surface area contributed by atoms with E-state index in [1.54, 1.807) is 37.3 Å². The van der Waals surface area contributed by atoms with Crippen molar-refractivity contribution in [2.24, 2.45) is 0 Å². The highest BCUT2D eigenvalue weighted by Crippen LogP contribution is 2.39. The number of carboxylic acid groups (broad SMARTS) is 1. The van der Waals surface area contributed by atoms with Gasteiger partial charge in [-0.25, -0.2) is 9.86 Å². The molecule has 5 rings (SSSR count). The second-order valence-corrected chi connectivity index (χ2v) is 10.2. The number of carboxylic acids is 1. The molecule has 1 fully saturated rings. The van der Waals surface area contributed by atoms with Gasteiger partial charge < -0.3 is 21.1 Å². The van der Waals surface area contributed by atoms with Gasteiger partial charge in [-0.1, -0.05) is 30.3 Å². The molecule has 3 aromatic rings. The van der Waals surface area contributed by atoms with Crippen molar-refractivity contribution in [3.8, 4) is 0 Å². The second-order valence-electron chi connectivity index (χ2n) is 10.2. The minimum Gasteiger partial charge on any atom is -0.478 e. The average Bonchev–Trinajstić information content (AvgIpc) is 3.32. The van der Waals surface area contributed by atoms with E-state index < -0.39 is 5.97 Å². The number of rotatable bonds is 10. The number of piperazine rings is 1. The summed E-state index contributed by atoms with van der Waals surface area (Å²) in [7, 11) is 0. The second kappa shape index (κ2) is 13.0. The van der Waals surface area contributed by atoms with Gasteiger partial charge in [-0.05, 0) is 61.4 Å². The van der Waals surface area contributed by atoms with Crippen molar-refractivity contribution >= 4 is 40.4 Å². The Morgan fingerprint density at radius 1 is 1.02 bits per heavy atom. The van der Waals surface area contributed by atoms with Gasteiger partial charge >= 0.3 is 5.97 Å². The predicted octanol–water partition coefficient (Wildman–Crippen LogP) is 3.92. The summed E-state index contributed by atoms with van der Waals surface area (Å²) in [5.41, 5.74) is 4.69. The van der Waals surface area contributed by atoms with Crippen molar-refractivity contribution in [3.63, 3.8) is 0 Å². The molecular formula is C32H35N5O5. The van der Waals surface area contributed by atoms with Crippen LogP contribution in [0.1, 0.15) is 44.3 Å². The molecule has 218 valence electrons. The Kier molecular flexibility index (Phi) is 8.97. The van der Waals surface area contributed by atoms with Gasteiger partial charge in [-0.2, -0.15) is 0 Å². The molecule has 2 heterocycles. The van der Waals surface area contributed by atoms with Gasteiger partial charge in [0.15, 0.2) is 0 Å². The lowest BCUT2D eigenvalue weighted by Gasteiger charge is -2.28. The first-order valence-electron chi connectivity index (χ1n) is 14.1. The fourth-order valence-corrected chi connectivity index (χ4v) is 5.18. The lowest BCUT2D eigenvalue weighted by atomic mass is 9.96. The summed E-state index contributed by atoms with van der Waals surface area (Å²) in [5.74, 6) is -1.61. The van der Waals surface area contributed by atoms with Crippen LogP contribution in [0.2, 0.25) is 0 Å². The highest BCUT2D eigenvalue weighted by molar-refractivity contribution is 6.37. The Morgan fingerprint density at radius 3 is 2.40 bits per heavy atom. The molecule has 0 radical (unpaired) electrons. The van der Waals surface area contributed by atoms with Crippen LogP contribution in [0, 0.1) is 6.92 Å². The van der Waals surface area contributed by atoms with Crippen molar-refractivity contribution in [1.82, 2.24) is 15.3 Å². The molecule has 0 aliphatic carbocycles. The molecule has 4 N–H and O–H groups in total. The Balaban J connectivity index is 1.37. The summed E-state index contributed by atoms with van der Waals surface area (Å²) in [6.45, 7) is 9.06. The predicted molar refractivity (Wildman–Crippen MR) is 162 cm³/mol. The van der Waals surface area contributed by atoms with E-state index in [1.165, 1.54) is 11.1 Å². The molecule has 10 nitrogen and oxygen atoms in total. The smallest absolute Gasteiger partial charge is 0.336 e. The number of anilines is 2. The van der Waals surface area contributed by atoms with Gasteiger partial charge in [0, 0.05) is 56.1 Å². The number of carbonyl (C=O) groups is 3. The van der Waals surface area contributed by atoms with Crippen molar-refractivity contribution in [3.05, 3.63) is 94.5 Å². The normalized spacial score (nSPS) is 16.0. The molecule has 0 unspecified atom stereocenters. The van der Waals surface area contributed by atoms with Crippen LogP contribution in [0.25, 0.3) is 11.3 Å². The first-order valence-corrected chi connectivity index (χ1v) is 14.1. The van der Waals surface area contributed by atoms with E-state index in [0.717, 1.165) is 38.3 Å². The lowest BCUT2D eigenvalue weighted by Crippen LogP contribution is -2.45. The van der Waals surface area contributed by atoms with Crippen LogP contribution in [-0.2, 0) is 9.63 Å². The first kappa shape index (κ1) is 29.0. The molecule has 0 bridgehead atoms. The number of aromatic carboxylic acids is 1. The number of hydroxylamine groups is 2. The number of aryl methyl sites for hydroxylation is 1. The molecule has 42 heavy (non-hydrogen) atoms. The average molecular weight is 570 g/mol. The molecule has 2 aliphatic rings. The van der Waals surface area contributed by atoms with Crippen molar-refractivity contribution < 1.29 is 24.3 Å². The zero-order chi connectivity index (χ0) is 29.6. The number of hydrogen-bond donors (Lipinski definition) is 4. The van der Waals surface area contributed by atoms with E-state index in [-0.39, 0.29) is 17.4 Å². The SMILES string of the molecule is CCN(OCCN1CCNCC1)C(=O)c1ccc(NC(=C2C(=O)Nc3cc(C(=O)O)c(C)cc32)c2ccccc2)cc1. The number of benzene rings is 3. The molecule has 1 saturated heterocycles. The molecule has 0 spiro atoms. The van der Waals surface area contributed by atoms with Crippen LogP contribution in [0.5, 0.6) is 0 Å². The van der Waals surface area contributed by atoms with Gasteiger partial charge in [0.1, 0.15) is 0 Å². The van der Waals surface area contributed by atoms with E-state index in [1.807, 2.05) is 37.3 Å². The van der Waals surface area contributed by atoms with Crippen LogP contribution in [0.4, 0.5) is 11.4 Å². The molecule has 2 amide bonds. The van der Waals surface area contributed by atoms with Gasteiger partial charge in [0.2, 0.25) is 0 Å². The molecule has 0 atom stereocenters. The quantitative estimate of drug-likeness (QED) is 0.214. The maximum atomic E-state index is 13.2. The first-order chi connectivity index (χ1) is 20.4. The van der Waals surface area contributed by atoms with Gasteiger partial charge in [-0.3, -0.25) is 19.3 Å². The third-order valence-electron chi connectivity index (χ3n) is 7.43. The fraction of sp³-hybridized carbons (Fsp3) is 0.281. The van der Waals surface area contributed by atoms with Crippen LogP contribution >= 0.6 is 0 Å². The third kappa shape index (κ3) is 6.36. The van der Waals surface area contributed by atoms with E-state index in [9.17, 15) is 19.5 Å². The number of hydrogen-bond acceptors (Lipinski definition) is 7. The molecule has 0 aromatic heterocycles. The highest BCUT2D eigenvalue weighted by Gasteiger charge is 2.30. The minimum atomic E-state index is -1.05. The zero-order valence-corrected chi connectivity index (χ0v) is 23.8. The molecule has 2 aliphatic heterocycles. The number of amides is 2. The van der Waals surface area contributed by atoms with Crippen LogP contribution in [0.15, 0.2) is 66.7 Å². The summed E-state index contributed by atoms with van der Waals surface area (Å²) >= 11 is 0. The summed E-state index contributed by atoms with van der Waals surface area (Å²) in [5, 5.41) is 20.5. The molecule has 3 aromatic carbocycles. The van der Waals surface area contributed by atoms with E-state index in [0.29, 0.717) is 52.5 Å². The van der Waals surface area contributed by atoms with Gasteiger partial charge in [0.25, 0.3) is 11.8 Å². The Bertz CT molecular complexity index is 1500. The molecule has 10 heteroatoms. The van der Waals surface area contributed by atoms with Crippen molar-refractivity contribution in [2.75, 3.05) is 56.5 Å². The monoisotopic (exact) mass is 569 g/mol. The van der Waals surface area contributed by atoms with E-state index >= 15 is 0 Å². The third-order valence-corrected chi connectivity index (χ3v) is 7.43. The topological polar surface area (TPSA) is 123 Å². The van der Waals surface area contributed by atoms with E-state index in [2.05, 4.69) is 20.9 Å². The maximum Gasteiger partial charge on any atom is 0.336 e. The van der Waals surface area contributed by atoms with E-state index in [4.69, 9.17) is 4.84 Å².